The van der Waals surface area contributed by atoms with E-state index in [1.54, 1.807) is 28.4 Å². The summed E-state index contributed by atoms with van der Waals surface area (Å²) in [6.07, 6.45) is 0. The maximum absolute atomic E-state index is 5.52. The van der Waals surface area contributed by atoms with Gasteiger partial charge in [-0.3, -0.25) is 0 Å². The van der Waals surface area contributed by atoms with Crippen LogP contribution in [0, 0.1) is 3.95 Å². The quantitative estimate of drug-likeness (QED) is 0.721. The van der Waals surface area contributed by atoms with E-state index in [1.165, 1.54) is 11.3 Å². The number of ether oxygens (including phenoxy) is 4. The summed E-state index contributed by atoms with van der Waals surface area (Å²) < 4.78 is 24.3. The number of methoxy groups -OCH3 is 4. The SMILES string of the molecule is COCc1csc(=S)n1Cc1ccc(OC)c(OC)c1OC. The third kappa shape index (κ3) is 3.26. The molecule has 0 radical (unpaired) electrons. The maximum Gasteiger partial charge on any atom is 0.203 e. The molecule has 0 amide bonds. The first-order valence-electron chi connectivity index (χ1n) is 6.60. The number of benzene rings is 1. The third-order valence-electron chi connectivity index (χ3n) is 3.27. The summed E-state index contributed by atoms with van der Waals surface area (Å²) in [5.41, 5.74) is 2.00. The van der Waals surface area contributed by atoms with Crippen LogP contribution in [0.15, 0.2) is 17.5 Å². The first-order valence-corrected chi connectivity index (χ1v) is 7.89. The van der Waals surface area contributed by atoms with Crippen LogP contribution in [0.5, 0.6) is 17.2 Å². The Hall–Kier alpha value is -1.57. The summed E-state index contributed by atoms with van der Waals surface area (Å²) in [6.45, 7) is 1.10. The normalized spacial score (nSPS) is 10.5. The van der Waals surface area contributed by atoms with Crippen molar-refractivity contribution in [1.29, 1.82) is 0 Å². The van der Waals surface area contributed by atoms with Crippen molar-refractivity contribution in [1.82, 2.24) is 4.57 Å². The van der Waals surface area contributed by atoms with Crippen LogP contribution in [0.3, 0.4) is 0 Å². The van der Waals surface area contributed by atoms with Crippen LogP contribution in [0.4, 0.5) is 0 Å². The van der Waals surface area contributed by atoms with Crippen molar-refractivity contribution in [2.24, 2.45) is 0 Å². The van der Waals surface area contributed by atoms with E-state index in [9.17, 15) is 0 Å². The number of thiazole rings is 1. The number of hydrogen-bond donors (Lipinski definition) is 0. The third-order valence-corrected chi connectivity index (χ3v) is 4.59. The molecule has 0 unspecified atom stereocenters. The van der Waals surface area contributed by atoms with E-state index in [0.29, 0.717) is 30.4 Å². The predicted molar refractivity (Wildman–Crippen MR) is 89.1 cm³/mol. The predicted octanol–water partition coefficient (Wildman–Crippen LogP) is 3.50. The van der Waals surface area contributed by atoms with Gasteiger partial charge in [-0.05, 0) is 24.4 Å². The Bertz CT molecular complexity index is 693. The number of nitrogens with zero attached hydrogens (tertiary/aromatic N) is 1. The average molecular weight is 341 g/mol. The fraction of sp³-hybridized carbons (Fsp3) is 0.400. The van der Waals surface area contributed by atoms with Crippen molar-refractivity contribution < 1.29 is 18.9 Å². The number of hydrogen-bond acceptors (Lipinski definition) is 6. The van der Waals surface area contributed by atoms with Crippen LogP contribution in [-0.4, -0.2) is 33.0 Å². The van der Waals surface area contributed by atoms with E-state index in [2.05, 4.69) is 0 Å². The molecule has 22 heavy (non-hydrogen) atoms. The Kier molecular flexibility index (Phi) is 5.82. The Morgan fingerprint density at radius 1 is 1.05 bits per heavy atom. The number of aromatic nitrogens is 1. The van der Waals surface area contributed by atoms with Gasteiger partial charge >= 0.3 is 0 Å². The van der Waals surface area contributed by atoms with Crippen LogP contribution in [-0.2, 0) is 17.9 Å². The van der Waals surface area contributed by atoms with Crippen molar-refractivity contribution in [2.75, 3.05) is 28.4 Å². The largest absolute Gasteiger partial charge is 0.493 e. The average Bonchev–Trinajstić information content (AvgIpc) is 2.87. The van der Waals surface area contributed by atoms with E-state index in [0.717, 1.165) is 15.2 Å². The van der Waals surface area contributed by atoms with Crippen LogP contribution in [0.25, 0.3) is 0 Å². The van der Waals surface area contributed by atoms with Crippen LogP contribution < -0.4 is 14.2 Å². The molecule has 0 saturated carbocycles. The van der Waals surface area contributed by atoms with Gasteiger partial charge in [0, 0.05) is 18.1 Å². The molecule has 0 aliphatic rings. The molecule has 0 atom stereocenters. The first kappa shape index (κ1) is 16.8. The second-order valence-electron chi connectivity index (χ2n) is 4.51. The summed E-state index contributed by atoms with van der Waals surface area (Å²) in [4.78, 5) is 0. The molecular weight excluding hydrogens is 322 g/mol. The van der Waals surface area contributed by atoms with E-state index >= 15 is 0 Å². The molecule has 120 valence electrons. The smallest absolute Gasteiger partial charge is 0.203 e. The lowest BCUT2D eigenvalue weighted by Crippen LogP contribution is -2.07. The molecule has 1 aromatic heterocycles. The molecule has 7 heteroatoms. The lowest BCUT2D eigenvalue weighted by molar-refractivity contribution is 0.178. The van der Waals surface area contributed by atoms with Crippen molar-refractivity contribution in [3.63, 3.8) is 0 Å². The molecular formula is C15H19NO4S2. The Morgan fingerprint density at radius 3 is 2.36 bits per heavy atom. The molecule has 0 aliphatic carbocycles. The molecule has 5 nitrogen and oxygen atoms in total. The molecule has 0 bridgehead atoms. The number of rotatable bonds is 7. The molecule has 0 N–H and O–H groups in total. The van der Waals surface area contributed by atoms with Gasteiger partial charge in [-0.2, -0.15) is 0 Å². The molecule has 1 aromatic carbocycles. The second-order valence-corrected chi connectivity index (χ2v) is 6.01. The van der Waals surface area contributed by atoms with Gasteiger partial charge in [0.2, 0.25) is 5.75 Å². The van der Waals surface area contributed by atoms with E-state index in [4.69, 9.17) is 31.2 Å². The zero-order chi connectivity index (χ0) is 16.1. The fourth-order valence-electron chi connectivity index (χ4n) is 2.25. The van der Waals surface area contributed by atoms with Crippen LogP contribution in [0.1, 0.15) is 11.3 Å². The second kappa shape index (κ2) is 7.62. The summed E-state index contributed by atoms with van der Waals surface area (Å²) in [5, 5.41) is 2.01. The molecule has 0 spiro atoms. The molecule has 0 aliphatic heterocycles. The highest BCUT2D eigenvalue weighted by molar-refractivity contribution is 7.73. The zero-order valence-electron chi connectivity index (χ0n) is 13.0. The van der Waals surface area contributed by atoms with Crippen molar-refractivity contribution in [3.8, 4) is 17.2 Å². The van der Waals surface area contributed by atoms with Gasteiger partial charge in [-0.1, -0.05) is 0 Å². The lowest BCUT2D eigenvalue weighted by Gasteiger charge is -2.17. The summed E-state index contributed by atoms with van der Waals surface area (Å²) >= 11 is 6.93. The standard InChI is InChI=1S/C15H19NO4S2/c1-17-8-11-9-22-15(21)16(11)7-10-5-6-12(18-2)14(20-4)13(10)19-3/h5-6,9H,7-8H2,1-4H3. The molecule has 1 heterocycles. The van der Waals surface area contributed by atoms with Gasteiger partial charge in [0.1, 0.15) is 0 Å². The summed E-state index contributed by atoms with van der Waals surface area (Å²) in [7, 11) is 6.48. The van der Waals surface area contributed by atoms with Gasteiger partial charge in [0.15, 0.2) is 15.5 Å². The summed E-state index contributed by atoms with van der Waals surface area (Å²) in [6, 6.07) is 3.82. The van der Waals surface area contributed by atoms with E-state index in [1.807, 2.05) is 22.1 Å². The molecule has 0 fully saturated rings. The van der Waals surface area contributed by atoms with Crippen LogP contribution in [0.2, 0.25) is 0 Å². The zero-order valence-corrected chi connectivity index (χ0v) is 14.7. The highest BCUT2D eigenvalue weighted by Crippen LogP contribution is 2.40. The van der Waals surface area contributed by atoms with Gasteiger partial charge in [0.25, 0.3) is 0 Å². The van der Waals surface area contributed by atoms with Gasteiger partial charge in [-0.25, -0.2) is 0 Å². The highest BCUT2D eigenvalue weighted by atomic mass is 32.1. The molecule has 2 rings (SSSR count). The fourth-order valence-corrected chi connectivity index (χ4v) is 3.31. The highest BCUT2D eigenvalue weighted by Gasteiger charge is 2.17. The van der Waals surface area contributed by atoms with Gasteiger partial charge in [-0.15, -0.1) is 11.3 Å². The van der Waals surface area contributed by atoms with Crippen molar-refractivity contribution in [2.45, 2.75) is 13.2 Å². The maximum atomic E-state index is 5.52. The van der Waals surface area contributed by atoms with Crippen LogP contribution >= 0.6 is 23.6 Å². The first-order chi connectivity index (χ1) is 10.7. The minimum Gasteiger partial charge on any atom is -0.493 e. The van der Waals surface area contributed by atoms with Crippen molar-refractivity contribution in [3.05, 3.63) is 32.7 Å². The molecule has 2 aromatic rings. The Morgan fingerprint density at radius 2 is 1.77 bits per heavy atom. The monoisotopic (exact) mass is 341 g/mol. The van der Waals surface area contributed by atoms with E-state index < -0.39 is 0 Å². The lowest BCUT2D eigenvalue weighted by atomic mass is 10.1. The van der Waals surface area contributed by atoms with E-state index in [-0.39, 0.29) is 0 Å². The minimum atomic E-state index is 0.517. The Labute approximate surface area is 139 Å². The minimum absolute atomic E-state index is 0.517. The summed E-state index contributed by atoms with van der Waals surface area (Å²) in [5.74, 6) is 1.87. The van der Waals surface area contributed by atoms with Gasteiger partial charge < -0.3 is 23.5 Å². The Balaban J connectivity index is 2.46. The van der Waals surface area contributed by atoms with Crippen molar-refractivity contribution >= 4 is 23.6 Å². The van der Waals surface area contributed by atoms with Gasteiger partial charge in [0.05, 0.1) is 40.2 Å². The topological polar surface area (TPSA) is 41.9 Å². The molecule has 0 saturated heterocycles.